The van der Waals surface area contributed by atoms with E-state index in [0.717, 1.165) is 37.0 Å². The molecule has 1 N–H and O–H groups in total. The molecule has 1 aromatic carbocycles. The molecule has 18 heavy (non-hydrogen) atoms. The summed E-state index contributed by atoms with van der Waals surface area (Å²) in [5.41, 5.74) is 0.155. The first-order valence-corrected chi connectivity index (χ1v) is 6.67. The van der Waals surface area contributed by atoms with Crippen molar-refractivity contribution in [2.45, 2.75) is 44.3 Å². The minimum absolute atomic E-state index is 0.282. The van der Waals surface area contributed by atoms with Crippen molar-refractivity contribution >= 4 is 0 Å². The molecule has 0 aliphatic heterocycles. The molecule has 0 atom stereocenters. The molecule has 0 amide bonds. The monoisotopic (exact) mass is 250 g/mol. The summed E-state index contributed by atoms with van der Waals surface area (Å²) in [4.78, 5) is 0. The highest BCUT2D eigenvalue weighted by Gasteiger charge is 2.36. The average Bonchev–Trinajstić information content (AvgIpc) is 2.41. The van der Waals surface area contributed by atoms with Crippen LogP contribution in [-0.4, -0.2) is 24.9 Å². The normalized spacial score (nSPS) is 28.1. The van der Waals surface area contributed by atoms with Crippen molar-refractivity contribution in [2.24, 2.45) is 0 Å². The van der Waals surface area contributed by atoms with Gasteiger partial charge in [-0.15, -0.1) is 0 Å². The van der Waals surface area contributed by atoms with Gasteiger partial charge >= 0.3 is 0 Å². The molecule has 0 spiro atoms. The molecular formula is C15H22O3. The highest BCUT2D eigenvalue weighted by atomic mass is 16.5. The number of ether oxygens (including phenoxy) is 2. The zero-order valence-electron chi connectivity index (χ0n) is 11.2. The van der Waals surface area contributed by atoms with E-state index in [9.17, 15) is 5.11 Å². The molecule has 3 heteroatoms. The van der Waals surface area contributed by atoms with E-state index < -0.39 is 5.60 Å². The molecule has 0 aromatic heterocycles. The minimum Gasteiger partial charge on any atom is -0.493 e. The minimum atomic E-state index is -0.763. The Kier molecular flexibility index (Phi) is 4.25. The lowest BCUT2D eigenvalue weighted by Gasteiger charge is -2.36. The molecule has 0 unspecified atom stereocenters. The molecule has 1 aliphatic rings. The number of methoxy groups -OCH3 is 1. The van der Waals surface area contributed by atoms with E-state index in [-0.39, 0.29) is 6.10 Å². The predicted octanol–water partition coefficient (Wildman–Crippen LogP) is 2.86. The van der Waals surface area contributed by atoms with Gasteiger partial charge in [-0.2, -0.15) is 0 Å². The third kappa shape index (κ3) is 2.68. The Balaban J connectivity index is 2.20. The lowest BCUT2D eigenvalue weighted by Crippen LogP contribution is -2.34. The van der Waals surface area contributed by atoms with Crippen LogP contribution >= 0.6 is 0 Å². The van der Waals surface area contributed by atoms with Crippen molar-refractivity contribution in [1.82, 2.24) is 0 Å². The van der Waals surface area contributed by atoms with Crippen molar-refractivity contribution in [3.63, 3.8) is 0 Å². The van der Waals surface area contributed by atoms with Crippen molar-refractivity contribution < 1.29 is 14.6 Å². The summed E-state index contributed by atoms with van der Waals surface area (Å²) in [6, 6.07) is 7.80. The van der Waals surface area contributed by atoms with Gasteiger partial charge < -0.3 is 14.6 Å². The Bertz CT molecular complexity index is 381. The van der Waals surface area contributed by atoms with E-state index in [1.165, 1.54) is 0 Å². The number of hydrogen-bond acceptors (Lipinski definition) is 3. The summed E-state index contributed by atoms with van der Waals surface area (Å²) in [5.74, 6) is 0.804. The molecule has 100 valence electrons. The fraction of sp³-hybridized carbons (Fsp3) is 0.600. The zero-order chi connectivity index (χ0) is 13.0. The molecule has 0 radical (unpaired) electrons. The first-order chi connectivity index (χ1) is 8.69. The second kappa shape index (κ2) is 5.72. The molecule has 0 saturated heterocycles. The number of benzene rings is 1. The first-order valence-electron chi connectivity index (χ1n) is 6.67. The van der Waals surface area contributed by atoms with Crippen LogP contribution in [0.1, 0.15) is 38.2 Å². The first kappa shape index (κ1) is 13.4. The van der Waals surface area contributed by atoms with E-state index in [1.807, 2.05) is 31.2 Å². The molecule has 1 aliphatic carbocycles. The number of rotatable bonds is 4. The molecule has 3 nitrogen and oxygen atoms in total. The van der Waals surface area contributed by atoms with Gasteiger partial charge in [0, 0.05) is 12.7 Å². The molecule has 2 rings (SSSR count). The Labute approximate surface area is 109 Å². The van der Waals surface area contributed by atoms with E-state index in [0.29, 0.717) is 6.61 Å². The molecule has 1 aromatic rings. The number of para-hydroxylation sites is 1. The number of aliphatic hydroxyl groups is 1. The molecule has 0 heterocycles. The largest absolute Gasteiger partial charge is 0.493 e. The van der Waals surface area contributed by atoms with Gasteiger partial charge in [-0.05, 0) is 38.7 Å². The Morgan fingerprint density at radius 3 is 2.56 bits per heavy atom. The maximum Gasteiger partial charge on any atom is 0.125 e. The van der Waals surface area contributed by atoms with Crippen LogP contribution in [0.5, 0.6) is 5.75 Å². The second-order valence-electron chi connectivity index (χ2n) is 4.90. The van der Waals surface area contributed by atoms with Crippen LogP contribution in [0.3, 0.4) is 0 Å². The maximum absolute atomic E-state index is 10.8. The van der Waals surface area contributed by atoms with Gasteiger partial charge in [0.05, 0.1) is 18.3 Å². The van der Waals surface area contributed by atoms with Crippen LogP contribution in [0.2, 0.25) is 0 Å². The van der Waals surface area contributed by atoms with E-state index in [1.54, 1.807) is 7.11 Å². The van der Waals surface area contributed by atoms with Gasteiger partial charge in [0.2, 0.25) is 0 Å². The van der Waals surface area contributed by atoms with Crippen molar-refractivity contribution in [3.8, 4) is 5.75 Å². The van der Waals surface area contributed by atoms with Gasteiger partial charge in [-0.25, -0.2) is 0 Å². The Hall–Kier alpha value is -1.06. The summed E-state index contributed by atoms with van der Waals surface area (Å²) < 4.78 is 11.0. The molecule has 1 fully saturated rings. The van der Waals surface area contributed by atoms with Gasteiger partial charge in [-0.1, -0.05) is 18.2 Å². The zero-order valence-corrected chi connectivity index (χ0v) is 11.2. The smallest absolute Gasteiger partial charge is 0.125 e. The lowest BCUT2D eigenvalue weighted by atomic mass is 9.78. The number of hydrogen-bond donors (Lipinski definition) is 1. The molecule has 0 bridgehead atoms. The summed E-state index contributed by atoms with van der Waals surface area (Å²) in [6.45, 7) is 2.58. The van der Waals surface area contributed by atoms with E-state index in [4.69, 9.17) is 9.47 Å². The summed E-state index contributed by atoms with van der Waals surface area (Å²) in [7, 11) is 1.74. The fourth-order valence-corrected chi connectivity index (χ4v) is 2.71. The molecule has 1 saturated carbocycles. The van der Waals surface area contributed by atoms with E-state index in [2.05, 4.69) is 0 Å². The second-order valence-corrected chi connectivity index (χ2v) is 4.90. The summed E-state index contributed by atoms with van der Waals surface area (Å²) in [5, 5.41) is 10.8. The third-order valence-electron chi connectivity index (χ3n) is 3.78. The van der Waals surface area contributed by atoms with Gasteiger partial charge in [0.25, 0.3) is 0 Å². The highest BCUT2D eigenvalue weighted by Crippen LogP contribution is 2.41. The van der Waals surface area contributed by atoms with Crippen molar-refractivity contribution in [2.75, 3.05) is 13.7 Å². The Morgan fingerprint density at radius 1 is 1.28 bits per heavy atom. The van der Waals surface area contributed by atoms with Crippen LogP contribution in [0.4, 0.5) is 0 Å². The predicted molar refractivity (Wildman–Crippen MR) is 70.8 cm³/mol. The molecular weight excluding hydrogens is 228 g/mol. The summed E-state index contributed by atoms with van der Waals surface area (Å²) >= 11 is 0. The van der Waals surface area contributed by atoms with Gasteiger partial charge in [0.1, 0.15) is 5.75 Å². The quantitative estimate of drug-likeness (QED) is 0.893. The van der Waals surface area contributed by atoms with Crippen molar-refractivity contribution in [3.05, 3.63) is 29.8 Å². The van der Waals surface area contributed by atoms with Gasteiger partial charge in [-0.3, -0.25) is 0 Å². The van der Waals surface area contributed by atoms with Crippen LogP contribution in [0.25, 0.3) is 0 Å². The van der Waals surface area contributed by atoms with Crippen LogP contribution < -0.4 is 4.74 Å². The van der Waals surface area contributed by atoms with Crippen LogP contribution in [0, 0.1) is 0 Å². The average molecular weight is 250 g/mol. The topological polar surface area (TPSA) is 38.7 Å². The summed E-state index contributed by atoms with van der Waals surface area (Å²) in [6.07, 6.45) is 3.54. The lowest BCUT2D eigenvalue weighted by molar-refractivity contribution is -0.0487. The third-order valence-corrected chi connectivity index (χ3v) is 3.78. The maximum atomic E-state index is 10.8. The van der Waals surface area contributed by atoms with Gasteiger partial charge in [0.15, 0.2) is 0 Å². The van der Waals surface area contributed by atoms with Crippen LogP contribution in [0.15, 0.2) is 24.3 Å². The fourth-order valence-electron chi connectivity index (χ4n) is 2.71. The SMILES string of the molecule is CCOc1ccccc1C1(O)CCC(OC)CC1. The Morgan fingerprint density at radius 2 is 1.94 bits per heavy atom. The van der Waals surface area contributed by atoms with Crippen LogP contribution in [-0.2, 0) is 10.3 Å². The van der Waals surface area contributed by atoms with E-state index >= 15 is 0 Å². The highest BCUT2D eigenvalue weighted by molar-refractivity contribution is 5.38. The standard InChI is InChI=1S/C15H22O3/c1-3-18-14-7-5-4-6-13(14)15(16)10-8-12(17-2)9-11-15/h4-7,12,16H,3,8-11H2,1-2H3. The van der Waals surface area contributed by atoms with Crippen molar-refractivity contribution in [1.29, 1.82) is 0 Å².